The molecule has 0 amide bonds. The van der Waals surface area contributed by atoms with E-state index in [4.69, 9.17) is 9.47 Å². The van der Waals surface area contributed by atoms with Gasteiger partial charge in [0.1, 0.15) is 0 Å². The number of hydrogen-bond donors (Lipinski definition) is 0. The van der Waals surface area contributed by atoms with Crippen LogP contribution in [-0.4, -0.2) is 53.1 Å². The second-order valence-corrected chi connectivity index (χ2v) is 8.64. The standard InChI is InChI=1S/C20H26N2O4S/c1-16-5-4-6-17(13-16)15-27(23,24)22-11-9-21(10-12-22)18-7-8-19(25-2)20(14-18)26-3/h4-8,13-14H,9-12,15H2,1-3H3. The van der Waals surface area contributed by atoms with Crippen LogP contribution in [0.3, 0.4) is 0 Å². The molecule has 0 radical (unpaired) electrons. The highest BCUT2D eigenvalue weighted by Gasteiger charge is 2.27. The lowest BCUT2D eigenvalue weighted by molar-refractivity contribution is 0.354. The van der Waals surface area contributed by atoms with Gasteiger partial charge in [0.25, 0.3) is 0 Å². The van der Waals surface area contributed by atoms with E-state index in [9.17, 15) is 8.42 Å². The number of aryl methyl sites for hydroxylation is 1. The Morgan fingerprint density at radius 1 is 0.926 bits per heavy atom. The Balaban J connectivity index is 1.66. The third-order valence-corrected chi connectivity index (χ3v) is 6.65. The van der Waals surface area contributed by atoms with Crippen molar-refractivity contribution in [1.29, 1.82) is 0 Å². The lowest BCUT2D eigenvalue weighted by Crippen LogP contribution is -2.49. The zero-order chi connectivity index (χ0) is 19.4. The molecule has 1 aliphatic rings. The molecule has 0 aliphatic carbocycles. The minimum absolute atomic E-state index is 0.0467. The fraction of sp³-hybridized carbons (Fsp3) is 0.400. The summed E-state index contributed by atoms with van der Waals surface area (Å²) >= 11 is 0. The molecule has 0 atom stereocenters. The summed E-state index contributed by atoms with van der Waals surface area (Å²) in [6.45, 7) is 4.20. The molecule has 0 aromatic heterocycles. The quantitative estimate of drug-likeness (QED) is 0.759. The Labute approximate surface area is 161 Å². The Hall–Kier alpha value is -2.25. The average Bonchev–Trinajstić information content (AvgIpc) is 2.67. The molecule has 1 heterocycles. The molecular weight excluding hydrogens is 364 g/mol. The molecule has 3 rings (SSSR count). The topological polar surface area (TPSA) is 59.1 Å². The summed E-state index contributed by atoms with van der Waals surface area (Å²) < 4.78 is 37.8. The van der Waals surface area contributed by atoms with Crippen molar-refractivity contribution in [3.05, 3.63) is 53.6 Å². The highest BCUT2D eigenvalue weighted by Crippen LogP contribution is 2.32. The van der Waals surface area contributed by atoms with Gasteiger partial charge in [0, 0.05) is 37.9 Å². The van der Waals surface area contributed by atoms with E-state index >= 15 is 0 Å². The number of piperazine rings is 1. The van der Waals surface area contributed by atoms with E-state index in [0.717, 1.165) is 16.8 Å². The molecule has 6 nitrogen and oxygen atoms in total. The van der Waals surface area contributed by atoms with E-state index in [1.807, 2.05) is 49.4 Å². The summed E-state index contributed by atoms with van der Waals surface area (Å²) in [5.74, 6) is 1.40. The van der Waals surface area contributed by atoms with Crippen LogP contribution in [-0.2, 0) is 15.8 Å². The molecule has 0 spiro atoms. The van der Waals surface area contributed by atoms with Crippen LogP contribution < -0.4 is 14.4 Å². The number of ether oxygens (including phenoxy) is 2. The molecule has 1 saturated heterocycles. The second-order valence-electron chi connectivity index (χ2n) is 6.67. The summed E-state index contributed by atoms with van der Waals surface area (Å²) in [5.41, 5.74) is 2.90. The van der Waals surface area contributed by atoms with Gasteiger partial charge in [0.05, 0.1) is 20.0 Å². The Morgan fingerprint density at radius 2 is 1.63 bits per heavy atom. The first kappa shape index (κ1) is 19.5. The number of anilines is 1. The van der Waals surface area contributed by atoms with Crippen molar-refractivity contribution in [2.45, 2.75) is 12.7 Å². The smallest absolute Gasteiger partial charge is 0.218 e. The van der Waals surface area contributed by atoms with E-state index in [-0.39, 0.29) is 5.75 Å². The first-order valence-corrected chi connectivity index (χ1v) is 10.5. The van der Waals surface area contributed by atoms with E-state index in [1.54, 1.807) is 18.5 Å². The van der Waals surface area contributed by atoms with Gasteiger partial charge in [-0.1, -0.05) is 29.8 Å². The van der Waals surface area contributed by atoms with Crippen LogP contribution in [0.1, 0.15) is 11.1 Å². The first-order valence-electron chi connectivity index (χ1n) is 8.93. The van der Waals surface area contributed by atoms with Crippen molar-refractivity contribution in [2.24, 2.45) is 0 Å². The molecule has 0 saturated carbocycles. The third kappa shape index (κ3) is 4.54. The second kappa shape index (κ2) is 8.19. The Kier molecular flexibility index (Phi) is 5.92. The van der Waals surface area contributed by atoms with Gasteiger partial charge >= 0.3 is 0 Å². The van der Waals surface area contributed by atoms with Crippen LogP contribution in [0.15, 0.2) is 42.5 Å². The number of benzene rings is 2. The Morgan fingerprint density at radius 3 is 2.26 bits per heavy atom. The third-order valence-electron chi connectivity index (χ3n) is 4.80. The summed E-state index contributed by atoms with van der Waals surface area (Å²) in [5, 5.41) is 0. The van der Waals surface area contributed by atoms with Gasteiger partial charge in [-0.25, -0.2) is 8.42 Å². The Bertz CT molecular complexity index is 891. The van der Waals surface area contributed by atoms with Crippen molar-refractivity contribution in [3.63, 3.8) is 0 Å². The van der Waals surface area contributed by atoms with E-state index < -0.39 is 10.0 Å². The number of hydrogen-bond acceptors (Lipinski definition) is 5. The molecule has 146 valence electrons. The van der Waals surface area contributed by atoms with Gasteiger partial charge in [-0.3, -0.25) is 0 Å². The van der Waals surface area contributed by atoms with Crippen LogP contribution in [0.2, 0.25) is 0 Å². The van der Waals surface area contributed by atoms with Crippen molar-refractivity contribution in [3.8, 4) is 11.5 Å². The summed E-state index contributed by atoms with van der Waals surface area (Å²) in [4.78, 5) is 2.17. The van der Waals surface area contributed by atoms with Crippen molar-refractivity contribution in [2.75, 3.05) is 45.3 Å². The highest BCUT2D eigenvalue weighted by molar-refractivity contribution is 7.88. The number of rotatable bonds is 6. The van der Waals surface area contributed by atoms with E-state index in [1.165, 1.54) is 0 Å². The SMILES string of the molecule is COc1ccc(N2CCN(S(=O)(=O)Cc3cccc(C)c3)CC2)cc1OC. The largest absolute Gasteiger partial charge is 0.493 e. The van der Waals surface area contributed by atoms with Gasteiger partial charge in [0.15, 0.2) is 11.5 Å². The van der Waals surface area contributed by atoms with Gasteiger partial charge in [-0.15, -0.1) is 0 Å². The van der Waals surface area contributed by atoms with Crippen LogP contribution in [0.25, 0.3) is 0 Å². The normalized spacial score (nSPS) is 15.6. The molecule has 0 unspecified atom stereocenters. The molecular formula is C20H26N2O4S. The van der Waals surface area contributed by atoms with Crippen LogP contribution >= 0.6 is 0 Å². The fourth-order valence-corrected chi connectivity index (χ4v) is 4.85. The lowest BCUT2D eigenvalue weighted by Gasteiger charge is -2.35. The molecule has 7 heteroatoms. The molecule has 1 fully saturated rings. The maximum absolute atomic E-state index is 12.8. The molecule has 0 N–H and O–H groups in total. The summed E-state index contributed by atoms with van der Waals surface area (Å²) in [6, 6.07) is 13.4. The van der Waals surface area contributed by atoms with Crippen molar-refractivity contribution >= 4 is 15.7 Å². The highest BCUT2D eigenvalue weighted by atomic mass is 32.2. The maximum atomic E-state index is 12.8. The predicted molar refractivity (Wildman–Crippen MR) is 107 cm³/mol. The van der Waals surface area contributed by atoms with E-state index in [2.05, 4.69) is 4.90 Å². The zero-order valence-electron chi connectivity index (χ0n) is 16.0. The molecule has 1 aliphatic heterocycles. The van der Waals surface area contributed by atoms with Crippen molar-refractivity contribution in [1.82, 2.24) is 4.31 Å². The monoisotopic (exact) mass is 390 g/mol. The summed E-state index contributed by atoms with van der Waals surface area (Å²) in [6.07, 6.45) is 0. The predicted octanol–water partition coefficient (Wildman–Crippen LogP) is 2.66. The van der Waals surface area contributed by atoms with Gasteiger partial charge in [-0.2, -0.15) is 4.31 Å². The van der Waals surface area contributed by atoms with Gasteiger partial charge in [0.2, 0.25) is 10.0 Å². The maximum Gasteiger partial charge on any atom is 0.218 e. The van der Waals surface area contributed by atoms with Crippen LogP contribution in [0.5, 0.6) is 11.5 Å². The summed E-state index contributed by atoms with van der Waals surface area (Å²) in [7, 11) is -0.105. The lowest BCUT2D eigenvalue weighted by atomic mass is 10.2. The van der Waals surface area contributed by atoms with Gasteiger partial charge in [-0.05, 0) is 24.6 Å². The molecule has 2 aromatic carbocycles. The molecule has 27 heavy (non-hydrogen) atoms. The average molecular weight is 391 g/mol. The van der Waals surface area contributed by atoms with Crippen LogP contribution in [0.4, 0.5) is 5.69 Å². The van der Waals surface area contributed by atoms with Crippen molar-refractivity contribution < 1.29 is 17.9 Å². The number of sulfonamides is 1. The number of methoxy groups -OCH3 is 2. The van der Waals surface area contributed by atoms with E-state index in [0.29, 0.717) is 37.7 Å². The van der Waals surface area contributed by atoms with Crippen LogP contribution in [0, 0.1) is 6.92 Å². The zero-order valence-corrected chi connectivity index (χ0v) is 16.8. The molecule has 0 bridgehead atoms. The first-order chi connectivity index (χ1) is 12.9. The molecule has 2 aromatic rings. The fourth-order valence-electron chi connectivity index (χ4n) is 3.35. The number of nitrogens with zero attached hydrogens (tertiary/aromatic N) is 2. The minimum atomic E-state index is -3.32. The van der Waals surface area contributed by atoms with Gasteiger partial charge < -0.3 is 14.4 Å². The minimum Gasteiger partial charge on any atom is -0.493 e.